The van der Waals surface area contributed by atoms with Crippen molar-refractivity contribution in [3.05, 3.63) is 54.7 Å². The number of hydrogen-bond donors (Lipinski definition) is 1. The van der Waals surface area contributed by atoms with Crippen LogP contribution in [0.4, 0.5) is 11.6 Å². The highest BCUT2D eigenvalue weighted by Crippen LogP contribution is 2.20. The van der Waals surface area contributed by atoms with E-state index in [-0.39, 0.29) is 12.4 Å². The normalized spacial score (nSPS) is 9.85. The highest BCUT2D eigenvalue weighted by Gasteiger charge is 2.02. The Bertz CT molecular complexity index is 704. The van der Waals surface area contributed by atoms with Gasteiger partial charge in [0.05, 0.1) is 12.6 Å². The highest BCUT2D eigenvalue weighted by molar-refractivity contribution is 5.85. The Hall–Kier alpha value is -2.33. The quantitative estimate of drug-likeness (QED) is 0.796. The molecule has 1 heterocycles. The Morgan fingerprint density at radius 1 is 1.05 bits per heavy atom. The van der Waals surface area contributed by atoms with Gasteiger partial charge in [-0.1, -0.05) is 18.2 Å². The van der Waals surface area contributed by atoms with Crippen LogP contribution in [0.3, 0.4) is 0 Å². The van der Waals surface area contributed by atoms with Crippen LogP contribution in [0, 0.1) is 0 Å². The van der Waals surface area contributed by atoms with Crippen LogP contribution in [0.15, 0.2) is 54.7 Å². The summed E-state index contributed by atoms with van der Waals surface area (Å²) in [5.74, 6) is 1.36. The Balaban J connectivity index is 0.00000147. The van der Waals surface area contributed by atoms with E-state index in [0.717, 1.165) is 22.3 Å². The van der Waals surface area contributed by atoms with Crippen LogP contribution >= 0.6 is 12.4 Å². The molecule has 0 amide bonds. The summed E-state index contributed by atoms with van der Waals surface area (Å²) in [6.45, 7) is 0. The topological polar surface area (TPSA) is 47.0 Å². The first kappa shape index (κ1) is 14.1. The molecule has 0 saturated heterocycles. The number of nitrogens with zero attached hydrogens (tertiary/aromatic N) is 2. The maximum Gasteiger partial charge on any atom is 0.227 e. The molecule has 4 nitrogen and oxygen atoms in total. The van der Waals surface area contributed by atoms with Gasteiger partial charge in [-0.25, -0.2) is 9.97 Å². The van der Waals surface area contributed by atoms with E-state index in [2.05, 4.69) is 15.3 Å². The number of fused-ring (bicyclic) bond motifs is 1. The summed E-state index contributed by atoms with van der Waals surface area (Å²) < 4.78 is 5.20. The van der Waals surface area contributed by atoms with Crippen LogP contribution < -0.4 is 10.1 Å². The maximum atomic E-state index is 5.20. The molecule has 0 aliphatic carbocycles. The smallest absolute Gasteiger partial charge is 0.227 e. The van der Waals surface area contributed by atoms with Gasteiger partial charge < -0.3 is 10.1 Å². The molecule has 0 atom stereocenters. The van der Waals surface area contributed by atoms with Gasteiger partial charge >= 0.3 is 0 Å². The van der Waals surface area contributed by atoms with Crippen molar-refractivity contribution >= 4 is 34.9 Å². The molecule has 0 spiro atoms. The lowest BCUT2D eigenvalue weighted by Gasteiger charge is -2.06. The van der Waals surface area contributed by atoms with Crippen molar-refractivity contribution in [2.45, 2.75) is 0 Å². The minimum absolute atomic E-state index is 0. The molecule has 0 bridgehead atoms. The molecule has 0 fully saturated rings. The summed E-state index contributed by atoms with van der Waals surface area (Å²) in [4.78, 5) is 8.77. The third kappa shape index (κ3) is 2.97. The Morgan fingerprint density at radius 3 is 2.60 bits per heavy atom. The van der Waals surface area contributed by atoms with Crippen molar-refractivity contribution in [2.24, 2.45) is 0 Å². The number of benzene rings is 2. The first-order valence-electron chi connectivity index (χ1n) is 5.98. The second-order valence-electron chi connectivity index (χ2n) is 4.11. The van der Waals surface area contributed by atoms with Crippen LogP contribution in [0.25, 0.3) is 10.9 Å². The van der Waals surface area contributed by atoms with Crippen molar-refractivity contribution in [3.8, 4) is 5.75 Å². The molecule has 3 rings (SSSR count). The fourth-order valence-corrected chi connectivity index (χ4v) is 1.84. The number of hydrogen-bond acceptors (Lipinski definition) is 4. The van der Waals surface area contributed by atoms with E-state index in [9.17, 15) is 0 Å². The first-order chi connectivity index (χ1) is 9.35. The lowest BCUT2D eigenvalue weighted by Crippen LogP contribution is -1.96. The molecule has 2 aromatic carbocycles. The van der Waals surface area contributed by atoms with Crippen molar-refractivity contribution in [3.63, 3.8) is 0 Å². The van der Waals surface area contributed by atoms with Crippen molar-refractivity contribution in [2.75, 3.05) is 12.4 Å². The van der Waals surface area contributed by atoms with Gasteiger partial charge in [0, 0.05) is 23.3 Å². The van der Waals surface area contributed by atoms with Crippen LogP contribution in [0.2, 0.25) is 0 Å². The molecule has 0 unspecified atom stereocenters. The number of para-hydroxylation sites is 1. The SMILES string of the molecule is COc1ccc2cnc(Nc3ccccc3)nc2c1.Cl. The lowest BCUT2D eigenvalue weighted by molar-refractivity contribution is 0.415. The van der Waals surface area contributed by atoms with Crippen molar-refractivity contribution in [1.82, 2.24) is 9.97 Å². The summed E-state index contributed by atoms with van der Waals surface area (Å²) in [6, 6.07) is 15.6. The van der Waals surface area contributed by atoms with Crippen LogP contribution in [0.5, 0.6) is 5.75 Å². The van der Waals surface area contributed by atoms with E-state index in [1.165, 1.54) is 0 Å². The Kier molecular flexibility index (Phi) is 4.38. The predicted molar refractivity (Wildman–Crippen MR) is 83.1 cm³/mol. The first-order valence-corrected chi connectivity index (χ1v) is 5.98. The third-order valence-electron chi connectivity index (χ3n) is 2.82. The summed E-state index contributed by atoms with van der Waals surface area (Å²) in [5.41, 5.74) is 1.82. The monoisotopic (exact) mass is 287 g/mol. The van der Waals surface area contributed by atoms with E-state index in [1.54, 1.807) is 13.3 Å². The summed E-state index contributed by atoms with van der Waals surface area (Å²) in [5, 5.41) is 4.16. The fourth-order valence-electron chi connectivity index (χ4n) is 1.84. The van der Waals surface area contributed by atoms with Crippen LogP contribution in [-0.2, 0) is 0 Å². The van der Waals surface area contributed by atoms with Gasteiger partial charge in [0.25, 0.3) is 0 Å². The predicted octanol–water partition coefficient (Wildman–Crippen LogP) is 3.80. The van der Waals surface area contributed by atoms with E-state index in [1.807, 2.05) is 48.5 Å². The van der Waals surface area contributed by atoms with E-state index < -0.39 is 0 Å². The van der Waals surface area contributed by atoms with E-state index >= 15 is 0 Å². The average Bonchev–Trinajstić information content (AvgIpc) is 2.47. The lowest BCUT2D eigenvalue weighted by atomic mass is 10.2. The van der Waals surface area contributed by atoms with E-state index in [4.69, 9.17) is 4.74 Å². The molecule has 0 aliphatic rings. The number of rotatable bonds is 3. The largest absolute Gasteiger partial charge is 0.497 e. The Morgan fingerprint density at radius 2 is 1.85 bits per heavy atom. The number of methoxy groups -OCH3 is 1. The van der Waals surface area contributed by atoms with Gasteiger partial charge in [0.1, 0.15) is 5.75 Å². The molecule has 1 N–H and O–H groups in total. The number of nitrogens with one attached hydrogen (secondary N) is 1. The van der Waals surface area contributed by atoms with Gasteiger partial charge in [-0.3, -0.25) is 0 Å². The molecule has 0 saturated carbocycles. The third-order valence-corrected chi connectivity index (χ3v) is 2.82. The highest BCUT2D eigenvalue weighted by atomic mass is 35.5. The van der Waals surface area contributed by atoms with Crippen LogP contribution in [0.1, 0.15) is 0 Å². The van der Waals surface area contributed by atoms with Crippen molar-refractivity contribution < 1.29 is 4.74 Å². The minimum atomic E-state index is 0. The van der Waals surface area contributed by atoms with Gasteiger partial charge in [-0.15, -0.1) is 12.4 Å². The summed E-state index contributed by atoms with van der Waals surface area (Å²) in [6.07, 6.45) is 1.80. The molecule has 3 aromatic rings. The number of anilines is 2. The zero-order chi connectivity index (χ0) is 13.1. The molecule has 1 aromatic heterocycles. The second-order valence-corrected chi connectivity index (χ2v) is 4.11. The molecule has 0 radical (unpaired) electrons. The summed E-state index contributed by atoms with van der Waals surface area (Å²) in [7, 11) is 1.64. The maximum absolute atomic E-state index is 5.20. The number of halogens is 1. The number of ether oxygens (including phenoxy) is 1. The Labute approximate surface area is 123 Å². The standard InChI is InChI=1S/C15H13N3O.ClH/c1-19-13-8-7-11-10-16-15(18-14(11)9-13)17-12-5-3-2-4-6-12;/h2-10H,1H3,(H,16,17,18);1H. The minimum Gasteiger partial charge on any atom is -0.497 e. The molecular weight excluding hydrogens is 274 g/mol. The van der Waals surface area contributed by atoms with Crippen molar-refractivity contribution in [1.29, 1.82) is 0 Å². The zero-order valence-corrected chi connectivity index (χ0v) is 11.7. The molecule has 0 aliphatic heterocycles. The summed E-state index contributed by atoms with van der Waals surface area (Å²) >= 11 is 0. The van der Waals surface area contributed by atoms with Gasteiger partial charge in [-0.05, 0) is 24.3 Å². The molecular formula is C15H14ClN3O. The van der Waals surface area contributed by atoms with Gasteiger partial charge in [-0.2, -0.15) is 0 Å². The van der Waals surface area contributed by atoms with Gasteiger partial charge in [0.15, 0.2) is 0 Å². The second kappa shape index (κ2) is 6.21. The number of aromatic nitrogens is 2. The average molecular weight is 288 g/mol. The van der Waals surface area contributed by atoms with Crippen LogP contribution in [-0.4, -0.2) is 17.1 Å². The molecule has 20 heavy (non-hydrogen) atoms. The molecule has 5 heteroatoms. The zero-order valence-electron chi connectivity index (χ0n) is 10.9. The van der Waals surface area contributed by atoms with E-state index in [0.29, 0.717) is 5.95 Å². The molecule has 102 valence electrons. The fraction of sp³-hybridized carbons (Fsp3) is 0.0667. The van der Waals surface area contributed by atoms with Gasteiger partial charge in [0.2, 0.25) is 5.95 Å².